The number of benzene rings is 1. The summed E-state index contributed by atoms with van der Waals surface area (Å²) < 4.78 is 6.44. The first-order chi connectivity index (χ1) is 8.81. The van der Waals surface area contributed by atoms with Crippen LogP contribution in [0.2, 0.25) is 0 Å². The van der Waals surface area contributed by atoms with Gasteiger partial charge in [-0.15, -0.1) is 0 Å². The molecule has 19 heavy (non-hydrogen) atoms. The normalized spacial score (nSPS) is 16.8. The number of alkyl carbamates (subject to hydrolysis) is 1. The molecule has 1 N–H and O–H groups in total. The van der Waals surface area contributed by atoms with Crippen LogP contribution in [0.15, 0.2) is 28.7 Å². The third-order valence-electron chi connectivity index (χ3n) is 3.27. The summed E-state index contributed by atoms with van der Waals surface area (Å²) in [6.07, 6.45) is 1.82. The van der Waals surface area contributed by atoms with Gasteiger partial charge in [0.15, 0.2) is 0 Å². The van der Waals surface area contributed by atoms with Gasteiger partial charge in [0, 0.05) is 15.4 Å². The van der Waals surface area contributed by atoms with E-state index in [1.54, 1.807) is 0 Å². The standard InChI is InChI=1S/C15H20BrNO2/c1-14(2,3)17-13(18)19-10-15(8-9-15)11-4-6-12(16)7-5-11/h4-7H,8-10H2,1-3H3,(H,17,18). The Bertz CT molecular complexity index is 458. The Kier molecular flexibility index (Phi) is 3.90. The number of rotatable bonds is 3. The molecule has 0 atom stereocenters. The molecule has 1 aromatic carbocycles. The first-order valence-electron chi connectivity index (χ1n) is 6.52. The predicted molar refractivity (Wildman–Crippen MR) is 79.3 cm³/mol. The summed E-state index contributed by atoms with van der Waals surface area (Å²) in [6, 6.07) is 8.26. The maximum atomic E-state index is 11.7. The van der Waals surface area contributed by atoms with Crippen LogP contribution in [0.1, 0.15) is 39.2 Å². The van der Waals surface area contributed by atoms with Gasteiger partial charge >= 0.3 is 6.09 Å². The lowest BCUT2D eigenvalue weighted by Gasteiger charge is -2.22. The summed E-state index contributed by atoms with van der Waals surface area (Å²) in [4.78, 5) is 11.7. The lowest BCUT2D eigenvalue weighted by atomic mass is 9.97. The molecule has 0 saturated heterocycles. The van der Waals surface area contributed by atoms with Crippen LogP contribution < -0.4 is 5.32 Å². The molecule has 0 unspecified atom stereocenters. The van der Waals surface area contributed by atoms with Crippen molar-refractivity contribution in [3.63, 3.8) is 0 Å². The van der Waals surface area contributed by atoms with Gasteiger partial charge in [-0.25, -0.2) is 4.79 Å². The number of hydrogen-bond acceptors (Lipinski definition) is 2. The van der Waals surface area contributed by atoms with Crippen molar-refractivity contribution in [2.24, 2.45) is 0 Å². The maximum Gasteiger partial charge on any atom is 0.407 e. The molecule has 1 aromatic rings. The average molecular weight is 326 g/mol. The summed E-state index contributed by atoms with van der Waals surface area (Å²) >= 11 is 3.43. The fourth-order valence-corrected chi connectivity index (χ4v) is 2.28. The number of halogens is 1. The van der Waals surface area contributed by atoms with Crippen molar-refractivity contribution in [2.75, 3.05) is 6.61 Å². The van der Waals surface area contributed by atoms with Gasteiger partial charge in [-0.3, -0.25) is 0 Å². The van der Waals surface area contributed by atoms with Gasteiger partial charge in [0.2, 0.25) is 0 Å². The summed E-state index contributed by atoms with van der Waals surface area (Å²) in [6.45, 7) is 6.28. The molecule has 4 heteroatoms. The Morgan fingerprint density at radius 2 is 1.89 bits per heavy atom. The molecule has 1 fully saturated rings. The number of carbonyl (C=O) groups is 1. The highest BCUT2D eigenvalue weighted by Crippen LogP contribution is 2.48. The molecule has 0 aromatic heterocycles. The lowest BCUT2D eigenvalue weighted by Crippen LogP contribution is -2.41. The zero-order valence-corrected chi connectivity index (χ0v) is 13.2. The van der Waals surface area contributed by atoms with E-state index in [9.17, 15) is 4.79 Å². The van der Waals surface area contributed by atoms with Gasteiger partial charge in [0.25, 0.3) is 0 Å². The predicted octanol–water partition coefficient (Wildman–Crippen LogP) is 4.01. The molecule has 1 amide bonds. The van der Waals surface area contributed by atoms with Gasteiger partial charge in [-0.1, -0.05) is 28.1 Å². The second kappa shape index (κ2) is 5.16. The zero-order chi connectivity index (χ0) is 14.1. The van der Waals surface area contributed by atoms with E-state index in [4.69, 9.17) is 4.74 Å². The lowest BCUT2D eigenvalue weighted by molar-refractivity contribution is 0.127. The van der Waals surface area contributed by atoms with Crippen molar-refractivity contribution >= 4 is 22.0 Å². The molecule has 0 radical (unpaired) electrons. The Hall–Kier alpha value is -1.03. The minimum Gasteiger partial charge on any atom is -0.449 e. The number of hydrogen-bond donors (Lipinski definition) is 1. The van der Waals surface area contributed by atoms with Crippen LogP contribution in [0.3, 0.4) is 0 Å². The van der Waals surface area contributed by atoms with Crippen molar-refractivity contribution < 1.29 is 9.53 Å². The topological polar surface area (TPSA) is 38.3 Å². The third-order valence-corrected chi connectivity index (χ3v) is 3.80. The number of nitrogens with one attached hydrogen (secondary N) is 1. The molecule has 0 aliphatic heterocycles. The molecular weight excluding hydrogens is 306 g/mol. The summed E-state index contributed by atoms with van der Waals surface area (Å²) in [5.74, 6) is 0. The zero-order valence-electron chi connectivity index (χ0n) is 11.6. The van der Waals surface area contributed by atoms with E-state index in [2.05, 4.69) is 33.4 Å². The van der Waals surface area contributed by atoms with Gasteiger partial charge < -0.3 is 10.1 Å². The molecule has 3 nitrogen and oxygen atoms in total. The molecule has 1 saturated carbocycles. The second-order valence-electron chi connectivity index (χ2n) is 6.24. The van der Waals surface area contributed by atoms with E-state index in [0.29, 0.717) is 6.61 Å². The van der Waals surface area contributed by atoms with Crippen molar-refractivity contribution in [1.29, 1.82) is 0 Å². The summed E-state index contributed by atoms with van der Waals surface area (Å²) in [5.41, 5.74) is 1.03. The maximum absolute atomic E-state index is 11.7. The van der Waals surface area contributed by atoms with Crippen LogP contribution in [-0.4, -0.2) is 18.2 Å². The fourth-order valence-electron chi connectivity index (χ4n) is 2.02. The highest BCUT2D eigenvalue weighted by molar-refractivity contribution is 9.10. The van der Waals surface area contributed by atoms with E-state index < -0.39 is 0 Å². The molecule has 2 rings (SSSR count). The Labute approximate surface area is 122 Å². The van der Waals surface area contributed by atoms with Gasteiger partial charge in [-0.05, 0) is 51.3 Å². The number of ether oxygens (including phenoxy) is 1. The minimum atomic E-state index is -0.337. The van der Waals surface area contributed by atoms with E-state index in [1.165, 1.54) is 5.56 Å². The largest absolute Gasteiger partial charge is 0.449 e. The highest BCUT2D eigenvalue weighted by Gasteiger charge is 2.45. The summed E-state index contributed by atoms with van der Waals surface area (Å²) in [7, 11) is 0. The van der Waals surface area contributed by atoms with Gasteiger partial charge in [0.05, 0.1) is 0 Å². The number of carbonyl (C=O) groups excluding carboxylic acids is 1. The SMILES string of the molecule is CC(C)(C)NC(=O)OCC1(c2ccc(Br)cc2)CC1. The van der Waals surface area contributed by atoms with E-state index in [-0.39, 0.29) is 17.0 Å². The molecule has 0 heterocycles. The molecule has 0 bridgehead atoms. The van der Waals surface area contributed by atoms with Crippen molar-refractivity contribution in [3.05, 3.63) is 34.3 Å². The molecule has 1 aliphatic rings. The second-order valence-corrected chi connectivity index (χ2v) is 7.15. The van der Waals surface area contributed by atoms with Crippen LogP contribution in [0, 0.1) is 0 Å². The van der Waals surface area contributed by atoms with Crippen LogP contribution in [0.4, 0.5) is 4.79 Å². The smallest absolute Gasteiger partial charge is 0.407 e. The van der Waals surface area contributed by atoms with Crippen LogP contribution in [-0.2, 0) is 10.2 Å². The average Bonchev–Trinajstić information content (AvgIpc) is 3.06. The number of amides is 1. The minimum absolute atomic E-state index is 0.0376. The Morgan fingerprint density at radius 3 is 2.37 bits per heavy atom. The van der Waals surface area contributed by atoms with E-state index in [1.807, 2.05) is 32.9 Å². The molecule has 104 valence electrons. The Balaban J connectivity index is 1.92. The quantitative estimate of drug-likeness (QED) is 0.911. The molecule has 1 aliphatic carbocycles. The fraction of sp³-hybridized carbons (Fsp3) is 0.533. The third kappa shape index (κ3) is 3.96. The summed E-state index contributed by atoms with van der Waals surface area (Å²) in [5, 5.41) is 2.81. The highest BCUT2D eigenvalue weighted by atomic mass is 79.9. The van der Waals surface area contributed by atoms with Crippen LogP contribution in [0.25, 0.3) is 0 Å². The van der Waals surface area contributed by atoms with Gasteiger partial charge in [0.1, 0.15) is 6.61 Å². The Morgan fingerprint density at radius 1 is 1.32 bits per heavy atom. The molecular formula is C15H20BrNO2. The first kappa shape index (κ1) is 14.4. The van der Waals surface area contributed by atoms with Crippen LogP contribution in [0.5, 0.6) is 0 Å². The van der Waals surface area contributed by atoms with Gasteiger partial charge in [-0.2, -0.15) is 0 Å². The van der Waals surface area contributed by atoms with Crippen LogP contribution >= 0.6 is 15.9 Å². The van der Waals surface area contributed by atoms with Crippen molar-refractivity contribution in [2.45, 2.75) is 44.6 Å². The van der Waals surface area contributed by atoms with Crippen molar-refractivity contribution in [3.8, 4) is 0 Å². The van der Waals surface area contributed by atoms with E-state index >= 15 is 0 Å². The monoisotopic (exact) mass is 325 g/mol. The molecule has 0 spiro atoms. The first-order valence-corrected chi connectivity index (χ1v) is 7.31. The van der Waals surface area contributed by atoms with Crippen molar-refractivity contribution in [1.82, 2.24) is 5.32 Å². The van der Waals surface area contributed by atoms with E-state index in [0.717, 1.165) is 17.3 Å².